The van der Waals surface area contributed by atoms with Crippen molar-refractivity contribution < 1.29 is 9.53 Å². The van der Waals surface area contributed by atoms with Crippen molar-refractivity contribution in [1.82, 2.24) is 20.2 Å². The first-order valence-electron chi connectivity index (χ1n) is 12.0. The molecule has 1 aromatic heterocycles. The van der Waals surface area contributed by atoms with Gasteiger partial charge in [0.1, 0.15) is 11.6 Å². The summed E-state index contributed by atoms with van der Waals surface area (Å²) in [5.74, 6) is 2.26. The molecule has 32 heavy (non-hydrogen) atoms. The molecule has 2 aromatic rings. The average Bonchev–Trinajstić information content (AvgIpc) is 3.26. The van der Waals surface area contributed by atoms with E-state index < -0.39 is 0 Å². The van der Waals surface area contributed by atoms with E-state index in [1.165, 1.54) is 24.8 Å². The van der Waals surface area contributed by atoms with Crippen LogP contribution in [0.3, 0.4) is 0 Å². The summed E-state index contributed by atoms with van der Waals surface area (Å²) in [6.07, 6.45) is 7.38. The van der Waals surface area contributed by atoms with E-state index >= 15 is 0 Å². The summed E-state index contributed by atoms with van der Waals surface area (Å²) in [7, 11) is 1.69. The molecule has 1 aliphatic heterocycles. The number of likely N-dealkylation sites (tertiary alicyclic amines) is 1. The van der Waals surface area contributed by atoms with Gasteiger partial charge in [-0.1, -0.05) is 31.4 Å². The van der Waals surface area contributed by atoms with Crippen LogP contribution in [0.5, 0.6) is 5.75 Å². The molecule has 1 aliphatic carbocycles. The zero-order valence-corrected chi connectivity index (χ0v) is 19.7. The third kappa shape index (κ3) is 5.66. The molecule has 1 N–H and O–H groups in total. The van der Waals surface area contributed by atoms with Gasteiger partial charge in [-0.15, -0.1) is 0 Å². The van der Waals surface area contributed by atoms with Crippen molar-refractivity contribution >= 4 is 5.91 Å². The normalized spacial score (nSPS) is 19.8. The Morgan fingerprint density at radius 2 is 1.75 bits per heavy atom. The molecule has 2 heterocycles. The largest absolute Gasteiger partial charge is 0.497 e. The second-order valence-corrected chi connectivity index (χ2v) is 9.38. The van der Waals surface area contributed by atoms with Crippen LogP contribution in [0.25, 0.3) is 0 Å². The molecule has 2 aliphatic rings. The zero-order chi connectivity index (χ0) is 22.5. The number of nitrogens with one attached hydrogen (secondary N) is 1. The fourth-order valence-corrected chi connectivity index (χ4v) is 5.07. The lowest BCUT2D eigenvalue weighted by molar-refractivity contribution is -0.121. The Hall–Kier alpha value is -2.47. The molecule has 4 rings (SSSR count). The first-order chi connectivity index (χ1) is 15.5. The van der Waals surface area contributed by atoms with E-state index in [2.05, 4.69) is 22.3 Å². The van der Waals surface area contributed by atoms with Gasteiger partial charge in [0.05, 0.1) is 13.5 Å². The zero-order valence-electron chi connectivity index (χ0n) is 19.7. The fourth-order valence-electron chi connectivity index (χ4n) is 5.07. The highest BCUT2D eigenvalue weighted by molar-refractivity contribution is 5.79. The van der Waals surface area contributed by atoms with Crippen LogP contribution in [-0.2, 0) is 17.8 Å². The first kappa shape index (κ1) is 22.7. The van der Waals surface area contributed by atoms with Gasteiger partial charge < -0.3 is 10.1 Å². The molecule has 6 heteroatoms. The minimum Gasteiger partial charge on any atom is -0.497 e. The van der Waals surface area contributed by atoms with E-state index in [-0.39, 0.29) is 5.91 Å². The second kappa shape index (κ2) is 10.4. The molecule has 1 amide bonds. The van der Waals surface area contributed by atoms with E-state index in [9.17, 15) is 4.79 Å². The number of nitrogens with zero attached hydrogens (tertiary/aromatic N) is 3. The smallest absolute Gasteiger partial charge is 0.224 e. The van der Waals surface area contributed by atoms with Crippen molar-refractivity contribution in [2.24, 2.45) is 0 Å². The Balaban J connectivity index is 1.35. The highest BCUT2D eigenvalue weighted by Crippen LogP contribution is 2.28. The molecule has 1 aromatic carbocycles. The van der Waals surface area contributed by atoms with Gasteiger partial charge in [0.25, 0.3) is 0 Å². The number of rotatable bonds is 7. The molecule has 0 unspecified atom stereocenters. The van der Waals surface area contributed by atoms with Gasteiger partial charge >= 0.3 is 0 Å². The lowest BCUT2D eigenvalue weighted by atomic mass is 9.95. The first-order valence-corrected chi connectivity index (χ1v) is 12.0. The predicted octanol–water partition coefficient (Wildman–Crippen LogP) is 4.08. The van der Waals surface area contributed by atoms with Crippen LogP contribution in [-0.4, -0.2) is 47.0 Å². The van der Waals surface area contributed by atoms with E-state index in [0.29, 0.717) is 18.4 Å². The van der Waals surface area contributed by atoms with E-state index in [0.717, 1.165) is 67.4 Å². The van der Waals surface area contributed by atoms with E-state index in [4.69, 9.17) is 14.7 Å². The molecule has 1 atom stereocenters. The number of aromatic nitrogens is 2. The molecule has 0 spiro atoms. The summed E-state index contributed by atoms with van der Waals surface area (Å²) >= 11 is 0. The van der Waals surface area contributed by atoms with Gasteiger partial charge in [-0.3, -0.25) is 9.69 Å². The number of hydrogen-bond donors (Lipinski definition) is 1. The summed E-state index contributed by atoms with van der Waals surface area (Å²) in [6, 6.07) is 8.63. The number of methoxy groups -OCH3 is 1. The molecule has 1 saturated heterocycles. The van der Waals surface area contributed by atoms with Crippen molar-refractivity contribution in [3.63, 3.8) is 0 Å². The predicted molar refractivity (Wildman–Crippen MR) is 126 cm³/mol. The number of hydrogen-bond acceptors (Lipinski definition) is 5. The van der Waals surface area contributed by atoms with Gasteiger partial charge in [0, 0.05) is 42.0 Å². The topological polar surface area (TPSA) is 67.3 Å². The standard InChI is InChI=1S/C26H36N4O2/c1-18-24(15-25(31)29-22-7-5-4-6-8-22)19(2)28-26(27-18)21-13-14-30(17-21)16-20-9-11-23(32-3)12-10-20/h9-12,21-22H,4-8,13-17H2,1-3H3,(H,29,31)/t21-/m1/s1. The summed E-state index contributed by atoms with van der Waals surface area (Å²) in [4.78, 5) is 24.8. The third-order valence-electron chi connectivity index (χ3n) is 6.95. The summed E-state index contributed by atoms with van der Waals surface area (Å²) < 4.78 is 5.25. The second-order valence-electron chi connectivity index (χ2n) is 9.38. The van der Waals surface area contributed by atoms with Crippen molar-refractivity contribution in [2.45, 2.75) is 77.3 Å². The molecular weight excluding hydrogens is 400 g/mol. The molecule has 6 nitrogen and oxygen atoms in total. The van der Waals surface area contributed by atoms with Crippen LogP contribution in [0.4, 0.5) is 0 Å². The van der Waals surface area contributed by atoms with Crippen molar-refractivity contribution in [3.8, 4) is 5.75 Å². The van der Waals surface area contributed by atoms with Crippen LogP contribution < -0.4 is 10.1 Å². The van der Waals surface area contributed by atoms with Crippen molar-refractivity contribution in [1.29, 1.82) is 0 Å². The molecule has 1 saturated carbocycles. The SMILES string of the molecule is COc1ccc(CN2CC[C@@H](c3nc(C)c(CC(=O)NC4CCCCC4)c(C)n3)C2)cc1. The molecule has 172 valence electrons. The summed E-state index contributed by atoms with van der Waals surface area (Å²) in [6.45, 7) is 6.98. The van der Waals surface area contributed by atoms with Gasteiger partial charge in [0.2, 0.25) is 5.91 Å². The monoisotopic (exact) mass is 436 g/mol. The number of carbonyl (C=O) groups excluding carboxylic acids is 1. The van der Waals surface area contributed by atoms with Crippen LogP contribution >= 0.6 is 0 Å². The molecular formula is C26H36N4O2. The lowest BCUT2D eigenvalue weighted by Gasteiger charge is -2.23. The Morgan fingerprint density at radius 1 is 1.06 bits per heavy atom. The molecule has 0 bridgehead atoms. The van der Waals surface area contributed by atoms with Gasteiger partial charge in [-0.2, -0.15) is 0 Å². The number of benzene rings is 1. The highest BCUT2D eigenvalue weighted by Gasteiger charge is 2.27. The van der Waals surface area contributed by atoms with Crippen LogP contribution in [0.1, 0.15) is 72.8 Å². The summed E-state index contributed by atoms with van der Waals surface area (Å²) in [5.41, 5.74) is 4.16. The molecule has 2 fully saturated rings. The maximum atomic E-state index is 12.6. The van der Waals surface area contributed by atoms with Gasteiger partial charge in [0.15, 0.2) is 0 Å². The Morgan fingerprint density at radius 3 is 2.41 bits per heavy atom. The van der Waals surface area contributed by atoms with Gasteiger partial charge in [-0.05, 0) is 57.4 Å². The Labute approximate surface area is 191 Å². The Bertz CT molecular complexity index is 899. The minimum absolute atomic E-state index is 0.103. The number of carbonyl (C=O) groups is 1. The average molecular weight is 437 g/mol. The number of aryl methyl sites for hydroxylation is 2. The van der Waals surface area contributed by atoms with Crippen LogP contribution in [0.2, 0.25) is 0 Å². The maximum absolute atomic E-state index is 12.6. The van der Waals surface area contributed by atoms with Crippen molar-refractivity contribution in [3.05, 3.63) is 52.6 Å². The van der Waals surface area contributed by atoms with Crippen LogP contribution in [0.15, 0.2) is 24.3 Å². The van der Waals surface area contributed by atoms with Crippen LogP contribution in [0, 0.1) is 13.8 Å². The van der Waals surface area contributed by atoms with E-state index in [1.807, 2.05) is 26.0 Å². The maximum Gasteiger partial charge on any atom is 0.224 e. The Kier molecular flexibility index (Phi) is 7.40. The number of ether oxygens (including phenoxy) is 1. The minimum atomic E-state index is 0.103. The highest BCUT2D eigenvalue weighted by atomic mass is 16.5. The summed E-state index contributed by atoms with van der Waals surface area (Å²) in [5, 5.41) is 3.22. The number of amides is 1. The molecule has 0 radical (unpaired) electrons. The quantitative estimate of drug-likeness (QED) is 0.708. The third-order valence-corrected chi connectivity index (χ3v) is 6.95. The van der Waals surface area contributed by atoms with Gasteiger partial charge in [-0.25, -0.2) is 9.97 Å². The fraction of sp³-hybridized carbons (Fsp3) is 0.577. The van der Waals surface area contributed by atoms with Crippen molar-refractivity contribution in [2.75, 3.05) is 20.2 Å². The van der Waals surface area contributed by atoms with E-state index in [1.54, 1.807) is 7.11 Å². The lowest BCUT2D eigenvalue weighted by Crippen LogP contribution is -2.37.